The number of benzene rings is 1. The van der Waals surface area contributed by atoms with Crippen molar-refractivity contribution in [1.29, 1.82) is 0 Å². The second-order valence-electron chi connectivity index (χ2n) is 5.22. The first-order valence-corrected chi connectivity index (χ1v) is 6.32. The Labute approximate surface area is 120 Å². The third-order valence-electron chi connectivity index (χ3n) is 2.56. The molecule has 0 aliphatic heterocycles. The molecule has 112 valence electrons. The highest BCUT2D eigenvalue weighted by atomic mass is 35.5. The average Bonchev–Trinajstić information content (AvgIpc) is 2.26. The van der Waals surface area contributed by atoms with E-state index in [2.05, 4.69) is 5.32 Å². The summed E-state index contributed by atoms with van der Waals surface area (Å²) in [4.78, 5) is 11.7. The zero-order chi connectivity index (χ0) is 15.6. The van der Waals surface area contributed by atoms with Crippen molar-refractivity contribution in [3.05, 3.63) is 28.8 Å². The molecule has 3 N–H and O–H groups in total. The van der Waals surface area contributed by atoms with Gasteiger partial charge in [-0.1, -0.05) is 11.6 Å². The molecule has 0 fully saturated rings. The van der Waals surface area contributed by atoms with E-state index in [1.807, 2.05) is 0 Å². The molecule has 1 amide bonds. The molecule has 0 saturated carbocycles. The van der Waals surface area contributed by atoms with Crippen LogP contribution in [0, 0.1) is 0 Å². The Kier molecular flexibility index (Phi) is 5.05. The Morgan fingerprint density at radius 1 is 1.35 bits per heavy atom. The minimum atomic E-state index is -4.58. The summed E-state index contributed by atoms with van der Waals surface area (Å²) in [5.41, 5.74) is 3.90. The molecule has 0 radical (unpaired) electrons. The van der Waals surface area contributed by atoms with Crippen molar-refractivity contribution < 1.29 is 18.0 Å². The van der Waals surface area contributed by atoms with Gasteiger partial charge in [0.05, 0.1) is 11.3 Å². The van der Waals surface area contributed by atoms with E-state index in [1.54, 1.807) is 13.8 Å². The minimum Gasteiger partial charge on any atom is -0.326 e. The van der Waals surface area contributed by atoms with E-state index in [0.29, 0.717) is 6.42 Å². The van der Waals surface area contributed by atoms with Crippen LogP contribution in [0.15, 0.2) is 18.2 Å². The topological polar surface area (TPSA) is 55.1 Å². The van der Waals surface area contributed by atoms with Crippen molar-refractivity contribution in [2.45, 2.75) is 38.4 Å². The van der Waals surface area contributed by atoms with E-state index in [1.165, 1.54) is 6.07 Å². The summed E-state index contributed by atoms with van der Waals surface area (Å²) in [5, 5.41) is 2.20. The van der Waals surface area contributed by atoms with E-state index in [0.717, 1.165) is 12.1 Å². The predicted molar refractivity (Wildman–Crippen MR) is 72.6 cm³/mol. The molecule has 1 rings (SSSR count). The van der Waals surface area contributed by atoms with Crippen molar-refractivity contribution in [3.8, 4) is 0 Å². The molecule has 0 atom stereocenters. The summed E-state index contributed by atoms with van der Waals surface area (Å²) < 4.78 is 38.5. The van der Waals surface area contributed by atoms with Crippen LogP contribution in [0.3, 0.4) is 0 Å². The van der Waals surface area contributed by atoms with Crippen LogP contribution < -0.4 is 11.1 Å². The minimum absolute atomic E-state index is 0.0431. The fourth-order valence-corrected chi connectivity index (χ4v) is 1.68. The lowest BCUT2D eigenvalue weighted by atomic mass is 10.00. The molecule has 0 unspecified atom stereocenters. The molecule has 20 heavy (non-hydrogen) atoms. The van der Waals surface area contributed by atoms with Crippen LogP contribution in [-0.4, -0.2) is 11.4 Å². The van der Waals surface area contributed by atoms with Gasteiger partial charge in [0.15, 0.2) is 0 Å². The monoisotopic (exact) mass is 308 g/mol. The second kappa shape index (κ2) is 6.01. The number of alkyl halides is 3. The lowest BCUT2D eigenvalue weighted by molar-refractivity contribution is -0.137. The molecule has 0 bridgehead atoms. The summed E-state index contributed by atoms with van der Waals surface area (Å²) >= 11 is 5.55. The normalized spacial score (nSPS) is 12.3. The van der Waals surface area contributed by atoms with Gasteiger partial charge in [0.2, 0.25) is 5.91 Å². The summed E-state index contributed by atoms with van der Waals surface area (Å²) in [7, 11) is 0. The van der Waals surface area contributed by atoms with E-state index >= 15 is 0 Å². The van der Waals surface area contributed by atoms with Gasteiger partial charge >= 0.3 is 6.18 Å². The first kappa shape index (κ1) is 16.8. The number of carbonyl (C=O) groups is 1. The van der Waals surface area contributed by atoms with Crippen LogP contribution in [0.25, 0.3) is 0 Å². The summed E-state index contributed by atoms with van der Waals surface area (Å²) in [6.45, 7) is 3.48. The van der Waals surface area contributed by atoms with Gasteiger partial charge in [0.25, 0.3) is 0 Å². The van der Waals surface area contributed by atoms with Crippen LogP contribution in [-0.2, 0) is 11.0 Å². The smallest absolute Gasteiger partial charge is 0.326 e. The van der Waals surface area contributed by atoms with Gasteiger partial charge in [-0.05, 0) is 38.5 Å². The number of hydrogen-bond donors (Lipinski definition) is 2. The number of halogens is 4. The first-order valence-electron chi connectivity index (χ1n) is 5.94. The molecule has 0 heterocycles. The lowest BCUT2D eigenvalue weighted by Gasteiger charge is -2.18. The molecule has 0 aliphatic rings. The maximum atomic E-state index is 12.8. The Morgan fingerprint density at radius 3 is 2.45 bits per heavy atom. The zero-order valence-electron chi connectivity index (χ0n) is 11.1. The third-order valence-corrected chi connectivity index (χ3v) is 2.79. The van der Waals surface area contributed by atoms with Crippen molar-refractivity contribution in [2.24, 2.45) is 5.73 Å². The Bertz CT molecular complexity index is 495. The van der Waals surface area contributed by atoms with Crippen LogP contribution in [0.4, 0.5) is 18.9 Å². The van der Waals surface area contributed by atoms with Crippen LogP contribution in [0.5, 0.6) is 0 Å². The Hall–Kier alpha value is -1.27. The maximum absolute atomic E-state index is 12.8. The highest BCUT2D eigenvalue weighted by Crippen LogP contribution is 2.36. The van der Waals surface area contributed by atoms with Crippen LogP contribution in [0.2, 0.25) is 5.02 Å². The predicted octanol–water partition coefficient (Wildman–Crippen LogP) is 3.81. The molecule has 0 aliphatic carbocycles. The fraction of sp³-hybridized carbons (Fsp3) is 0.462. The van der Waals surface area contributed by atoms with Gasteiger partial charge in [0, 0.05) is 17.0 Å². The molecule has 0 aromatic heterocycles. The Morgan fingerprint density at radius 2 is 1.95 bits per heavy atom. The van der Waals surface area contributed by atoms with Gasteiger partial charge in [-0.3, -0.25) is 4.79 Å². The number of carbonyl (C=O) groups excluding carboxylic acids is 1. The number of hydrogen-bond acceptors (Lipinski definition) is 2. The molecule has 3 nitrogen and oxygen atoms in total. The van der Waals surface area contributed by atoms with E-state index in [9.17, 15) is 18.0 Å². The summed E-state index contributed by atoms with van der Waals surface area (Å²) in [6, 6.07) is 3.21. The first-order chi connectivity index (χ1) is 8.99. The molecule has 7 heteroatoms. The molecular weight excluding hydrogens is 293 g/mol. The maximum Gasteiger partial charge on any atom is 0.418 e. The van der Waals surface area contributed by atoms with E-state index in [-0.39, 0.29) is 17.1 Å². The van der Waals surface area contributed by atoms with E-state index in [4.69, 9.17) is 17.3 Å². The number of anilines is 1. The second-order valence-corrected chi connectivity index (χ2v) is 5.66. The van der Waals surface area contributed by atoms with Gasteiger partial charge in [-0.2, -0.15) is 13.2 Å². The lowest BCUT2D eigenvalue weighted by Crippen LogP contribution is -2.33. The summed E-state index contributed by atoms with van der Waals surface area (Å²) in [6.07, 6.45) is -4.17. The molecule has 0 saturated heterocycles. The van der Waals surface area contributed by atoms with Crippen LogP contribution >= 0.6 is 11.6 Å². The number of nitrogens with one attached hydrogen (secondary N) is 1. The Balaban J connectivity index is 2.85. The standard InChI is InChI=1S/C13H16ClF3N2O/c1-12(2,18)6-5-11(20)19-10-4-3-8(14)7-9(10)13(15,16)17/h3-4,7H,5-6,18H2,1-2H3,(H,19,20). The van der Waals surface area contributed by atoms with E-state index < -0.39 is 23.2 Å². The molecule has 1 aromatic carbocycles. The number of rotatable bonds is 4. The zero-order valence-corrected chi connectivity index (χ0v) is 11.9. The van der Waals surface area contributed by atoms with Gasteiger partial charge < -0.3 is 11.1 Å². The number of amides is 1. The van der Waals surface area contributed by atoms with Gasteiger partial charge in [0.1, 0.15) is 0 Å². The highest BCUT2D eigenvalue weighted by molar-refractivity contribution is 6.30. The molecule has 0 spiro atoms. The average molecular weight is 309 g/mol. The van der Waals surface area contributed by atoms with Crippen molar-refractivity contribution >= 4 is 23.2 Å². The molecular formula is C13H16ClF3N2O. The quantitative estimate of drug-likeness (QED) is 0.888. The molecule has 1 aromatic rings. The fourth-order valence-electron chi connectivity index (χ4n) is 1.51. The van der Waals surface area contributed by atoms with Gasteiger partial charge in [-0.15, -0.1) is 0 Å². The van der Waals surface area contributed by atoms with Crippen LogP contribution in [0.1, 0.15) is 32.3 Å². The van der Waals surface area contributed by atoms with Gasteiger partial charge in [-0.25, -0.2) is 0 Å². The largest absolute Gasteiger partial charge is 0.418 e. The summed E-state index contributed by atoms with van der Waals surface area (Å²) in [5.74, 6) is -0.517. The number of nitrogens with two attached hydrogens (primary N) is 1. The van der Waals surface area contributed by atoms with Crippen molar-refractivity contribution in [1.82, 2.24) is 0 Å². The van der Waals surface area contributed by atoms with Crippen molar-refractivity contribution in [2.75, 3.05) is 5.32 Å². The van der Waals surface area contributed by atoms with Crippen molar-refractivity contribution in [3.63, 3.8) is 0 Å². The SMILES string of the molecule is CC(C)(N)CCC(=O)Nc1ccc(Cl)cc1C(F)(F)F. The third kappa shape index (κ3) is 5.38. The highest BCUT2D eigenvalue weighted by Gasteiger charge is 2.34.